The highest BCUT2D eigenvalue weighted by Crippen LogP contribution is 2.43. The minimum Gasteiger partial charge on any atom is -0.454 e. The molecule has 2 aromatic rings. The predicted octanol–water partition coefficient (Wildman–Crippen LogP) is 4.15. The summed E-state index contributed by atoms with van der Waals surface area (Å²) >= 11 is 0. The number of ether oxygens (including phenoxy) is 3. The van der Waals surface area contributed by atoms with Gasteiger partial charge in [-0.05, 0) is 35.6 Å². The number of hydrogen-bond acceptors (Lipinski definition) is 3. The van der Waals surface area contributed by atoms with E-state index in [2.05, 4.69) is 43.0 Å². The van der Waals surface area contributed by atoms with E-state index >= 15 is 0 Å². The molecular weight excluding hydrogens is 288 g/mol. The fraction of sp³-hybridized carbons (Fsp3) is 0.300. The third-order valence-corrected chi connectivity index (χ3v) is 4.72. The maximum Gasteiger partial charge on any atom is 0.231 e. The van der Waals surface area contributed by atoms with Gasteiger partial charge in [0.2, 0.25) is 6.79 Å². The van der Waals surface area contributed by atoms with Crippen LogP contribution in [0.25, 0.3) is 0 Å². The zero-order valence-electron chi connectivity index (χ0n) is 13.0. The third-order valence-electron chi connectivity index (χ3n) is 4.72. The van der Waals surface area contributed by atoms with E-state index in [1.54, 1.807) is 0 Å². The van der Waals surface area contributed by atoms with Crippen LogP contribution in [0.1, 0.15) is 17.2 Å². The molecule has 23 heavy (non-hydrogen) atoms. The first kappa shape index (κ1) is 14.3. The fourth-order valence-corrected chi connectivity index (χ4v) is 3.53. The fourth-order valence-electron chi connectivity index (χ4n) is 3.53. The second-order valence-electron chi connectivity index (χ2n) is 6.13. The molecule has 0 aromatic heterocycles. The molecule has 2 aliphatic heterocycles. The number of fused-ring (bicyclic) bond motifs is 1. The van der Waals surface area contributed by atoms with Crippen LogP contribution in [0.15, 0.2) is 61.2 Å². The Labute approximate surface area is 136 Å². The van der Waals surface area contributed by atoms with Gasteiger partial charge in [-0.25, -0.2) is 0 Å². The van der Waals surface area contributed by atoms with Crippen molar-refractivity contribution in [1.82, 2.24) is 0 Å². The van der Waals surface area contributed by atoms with Gasteiger partial charge in [0.05, 0.1) is 12.7 Å². The van der Waals surface area contributed by atoms with Crippen molar-refractivity contribution < 1.29 is 14.2 Å². The summed E-state index contributed by atoms with van der Waals surface area (Å²) in [6.07, 6.45) is 3.09. The highest BCUT2D eigenvalue weighted by molar-refractivity contribution is 5.45. The zero-order chi connectivity index (χ0) is 15.6. The molecule has 0 spiro atoms. The summed E-state index contributed by atoms with van der Waals surface area (Å²) in [6.45, 7) is 5.10. The number of benzene rings is 2. The quantitative estimate of drug-likeness (QED) is 0.794. The van der Waals surface area contributed by atoms with Gasteiger partial charge in [-0.1, -0.05) is 42.5 Å². The van der Waals surface area contributed by atoms with Crippen molar-refractivity contribution in [2.24, 2.45) is 11.8 Å². The zero-order valence-corrected chi connectivity index (χ0v) is 13.0. The largest absolute Gasteiger partial charge is 0.454 e. The molecule has 0 bridgehead atoms. The number of hydrogen-bond donors (Lipinski definition) is 0. The minimum atomic E-state index is 0.0377. The lowest BCUT2D eigenvalue weighted by atomic mass is 9.84. The smallest absolute Gasteiger partial charge is 0.231 e. The molecule has 3 nitrogen and oxygen atoms in total. The van der Waals surface area contributed by atoms with E-state index in [-0.39, 0.29) is 6.10 Å². The normalized spacial score (nSPS) is 25.5. The minimum absolute atomic E-state index is 0.0377. The average molecular weight is 308 g/mol. The first-order valence-corrected chi connectivity index (χ1v) is 8.03. The maximum atomic E-state index is 6.12. The summed E-state index contributed by atoms with van der Waals surface area (Å²) in [5, 5.41) is 0. The summed E-state index contributed by atoms with van der Waals surface area (Å²) in [5.41, 5.74) is 2.48. The average Bonchev–Trinajstić information content (AvgIpc) is 3.21. The van der Waals surface area contributed by atoms with Crippen molar-refractivity contribution in [3.63, 3.8) is 0 Å². The lowest BCUT2D eigenvalue weighted by Gasteiger charge is -2.20. The molecule has 118 valence electrons. The van der Waals surface area contributed by atoms with Crippen LogP contribution in [0.2, 0.25) is 0 Å². The molecule has 0 aliphatic carbocycles. The third kappa shape index (κ3) is 2.73. The van der Waals surface area contributed by atoms with E-state index in [9.17, 15) is 0 Å². The molecular formula is C20H20O3. The Morgan fingerprint density at radius 3 is 2.70 bits per heavy atom. The van der Waals surface area contributed by atoms with Crippen molar-refractivity contribution in [3.8, 4) is 11.5 Å². The maximum absolute atomic E-state index is 6.12. The van der Waals surface area contributed by atoms with Gasteiger partial charge in [-0.2, -0.15) is 0 Å². The molecule has 2 aromatic carbocycles. The van der Waals surface area contributed by atoms with Gasteiger partial charge in [0.15, 0.2) is 11.5 Å². The van der Waals surface area contributed by atoms with E-state index < -0.39 is 0 Å². The molecule has 2 aliphatic rings. The molecule has 0 unspecified atom stereocenters. The van der Waals surface area contributed by atoms with Crippen LogP contribution in [-0.2, 0) is 11.2 Å². The van der Waals surface area contributed by atoms with E-state index in [1.165, 1.54) is 5.56 Å². The van der Waals surface area contributed by atoms with Gasteiger partial charge in [0.25, 0.3) is 0 Å². The van der Waals surface area contributed by atoms with Crippen molar-refractivity contribution >= 4 is 0 Å². The molecule has 2 heterocycles. The summed E-state index contributed by atoms with van der Waals surface area (Å²) in [4.78, 5) is 0. The van der Waals surface area contributed by atoms with Crippen molar-refractivity contribution in [2.75, 3.05) is 13.4 Å². The Morgan fingerprint density at radius 2 is 1.87 bits per heavy atom. The van der Waals surface area contributed by atoms with Crippen LogP contribution in [-0.4, -0.2) is 13.4 Å². The Hall–Kier alpha value is -2.26. The second-order valence-corrected chi connectivity index (χ2v) is 6.13. The molecule has 1 saturated heterocycles. The lowest BCUT2D eigenvalue weighted by Crippen LogP contribution is -2.15. The Morgan fingerprint density at radius 1 is 1.04 bits per heavy atom. The molecule has 3 atom stereocenters. The highest BCUT2D eigenvalue weighted by atomic mass is 16.7. The van der Waals surface area contributed by atoms with Crippen LogP contribution >= 0.6 is 0 Å². The van der Waals surface area contributed by atoms with Gasteiger partial charge in [0, 0.05) is 5.92 Å². The second kappa shape index (κ2) is 6.09. The lowest BCUT2D eigenvalue weighted by molar-refractivity contribution is 0.0975. The summed E-state index contributed by atoms with van der Waals surface area (Å²) in [6, 6.07) is 16.6. The Balaban J connectivity index is 1.55. The SMILES string of the molecule is C=C[C@H]1[C@H](Cc2ccccc2)CO[C@@H]1c1ccc2c(c1)OCO2. The monoisotopic (exact) mass is 308 g/mol. The molecule has 0 saturated carbocycles. The molecule has 1 fully saturated rings. The topological polar surface area (TPSA) is 27.7 Å². The molecule has 3 heteroatoms. The van der Waals surface area contributed by atoms with Crippen LogP contribution in [0.3, 0.4) is 0 Å². The first-order valence-electron chi connectivity index (χ1n) is 8.03. The van der Waals surface area contributed by atoms with Crippen LogP contribution in [0.4, 0.5) is 0 Å². The number of rotatable bonds is 4. The van der Waals surface area contributed by atoms with Gasteiger partial charge in [0.1, 0.15) is 0 Å². The van der Waals surface area contributed by atoms with Crippen LogP contribution in [0, 0.1) is 11.8 Å². The van der Waals surface area contributed by atoms with E-state index in [0.29, 0.717) is 18.6 Å². The highest BCUT2D eigenvalue weighted by Gasteiger charge is 2.36. The van der Waals surface area contributed by atoms with Crippen LogP contribution < -0.4 is 9.47 Å². The molecule has 0 amide bonds. The first-order chi connectivity index (χ1) is 11.3. The standard InChI is InChI=1S/C20H20O3/c1-2-17-16(10-14-6-4-3-5-7-14)12-21-20(17)15-8-9-18-19(11-15)23-13-22-18/h2-9,11,16-17,20H,1,10,12-13H2/t16-,17+,20-/m1/s1. The molecule has 4 rings (SSSR count). The van der Waals surface area contributed by atoms with Crippen molar-refractivity contribution in [2.45, 2.75) is 12.5 Å². The predicted molar refractivity (Wildman–Crippen MR) is 88.6 cm³/mol. The summed E-state index contributed by atoms with van der Waals surface area (Å²) in [5.74, 6) is 2.36. The van der Waals surface area contributed by atoms with Gasteiger partial charge >= 0.3 is 0 Å². The van der Waals surface area contributed by atoms with Gasteiger partial charge in [-0.3, -0.25) is 0 Å². The van der Waals surface area contributed by atoms with Crippen LogP contribution in [0.5, 0.6) is 11.5 Å². The van der Waals surface area contributed by atoms with E-state index in [0.717, 1.165) is 30.1 Å². The summed E-state index contributed by atoms with van der Waals surface area (Å²) in [7, 11) is 0. The van der Waals surface area contributed by atoms with E-state index in [1.807, 2.05) is 18.2 Å². The molecule has 0 radical (unpaired) electrons. The Kier molecular flexibility index (Phi) is 3.80. The molecule has 0 N–H and O–H groups in total. The Bertz CT molecular complexity index is 695. The summed E-state index contributed by atoms with van der Waals surface area (Å²) < 4.78 is 17.0. The van der Waals surface area contributed by atoms with Crippen molar-refractivity contribution in [1.29, 1.82) is 0 Å². The van der Waals surface area contributed by atoms with Gasteiger partial charge in [-0.15, -0.1) is 6.58 Å². The van der Waals surface area contributed by atoms with E-state index in [4.69, 9.17) is 14.2 Å². The van der Waals surface area contributed by atoms with Gasteiger partial charge < -0.3 is 14.2 Å². The van der Waals surface area contributed by atoms with Crippen molar-refractivity contribution in [3.05, 3.63) is 72.3 Å².